The molecule has 2 aromatic heterocycles. The number of alkyl halides is 1. The van der Waals surface area contributed by atoms with Crippen molar-refractivity contribution in [3.8, 4) is 23.0 Å². The van der Waals surface area contributed by atoms with Crippen LogP contribution in [0.1, 0.15) is 51.4 Å². The van der Waals surface area contributed by atoms with Crippen molar-refractivity contribution in [3.05, 3.63) is 48.2 Å². The second kappa shape index (κ2) is 9.90. The number of aromatic hydroxyl groups is 1. The van der Waals surface area contributed by atoms with Gasteiger partial charge < -0.3 is 20.1 Å². The average Bonchev–Trinajstić information content (AvgIpc) is 3.74. The predicted octanol–water partition coefficient (Wildman–Crippen LogP) is 5.65. The van der Waals surface area contributed by atoms with Crippen LogP contribution in [-0.2, 0) is 0 Å². The lowest BCUT2D eigenvalue weighted by atomic mass is 9.88. The summed E-state index contributed by atoms with van der Waals surface area (Å²) < 4.78 is 54.1. The molecule has 0 radical (unpaired) electrons. The lowest BCUT2D eigenvalue weighted by molar-refractivity contribution is 0.0811. The summed E-state index contributed by atoms with van der Waals surface area (Å²) in [6.45, 7) is 2.50. The van der Waals surface area contributed by atoms with Gasteiger partial charge in [0.25, 0.3) is 0 Å². The third kappa shape index (κ3) is 4.22. The number of hydrogen-bond acceptors (Lipinski definition) is 8. The van der Waals surface area contributed by atoms with Gasteiger partial charge >= 0.3 is 6.01 Å². The number of nitrogens with zero attached hydrogens (tertiary/aromatic N) is 5. The Kier molecular flexibility index (Phi) is 6.07. The zero-order chi connectivity index (χ0) is 30.5. The van der Waals surface area contributed by atoms with Crippen molar-refractivity contribution in [1.82, 2.24) is 25.2 Å². The number of piperazine rings is 1. The molecule has 234 valence electrons. The molecule has 11 heteroatoms. The van der Waals surface area contributed by atoms with E-state index in [9.17, 15) is 5.11 Å². The fraction of sp³-hybridized carbons (Fsp3) is 0.500. The Balaban J connectivity index is 1.15. The molecule has 4 aliphatic heterocycles. The normalized spacial score (nSPS) is 30.8. The number of phenols is 1. The van der Waals surface area contributed by atoms with E-state index in [0.29, 0.717) is 54.6 Å². The summed E-state index contributed by atoms with van der Waals surface area (Å²) in [4.78, 5) is 18.4. The molecule has 2 bridgehead atoms. The number of fused-ring (bicyclic) bond motifs is 7. The zero-order valence-corrected chi connectivity index (χ0v) is 24.9. The van der Waals surface area contributed by atoms with Crippen LogP contribution in [-0.4, -0.2) is 80.5 Å². The first-order chi connectivity index (χ1) is 21.8. The average molecular weight is 617 g/mol. The van der Waals surface area contributed by atoms with Crippen molar-refractivity contribution in [2.24, 2.45) is 0 Å². The first kappa shape index (κ1) is 27.6. The van der Waals surface area contributed by atoms with Crippen LogP contribution in [0.5, 0.6) is 11.8 Å². The van der Waals surface area contributed by atoms with Crippen LogP contribution < -0.4 is 15.0 Å². The van der Waals surface area contributed by atoms with Crippen LogP contribution in [0, 0.1) is 11.6 Å². The summed E-state index contributed by atoms with van der Waals surface area (Å²) in [6, 6.07) is 7.86. The maximum Gasteiger partial charge on any atom is 0.319 e. The molecule has 0 spiro atoms. The topological polar surface area (TPSA) is 86.6 Å². The van der Waals surface area contributed by atoms with Crippen molar-refractivity contribution < 1.29 is 23.0 Å². The monoisotopic (exact) mass is 616 g/mol. The third-order valence-electron chi connectivity index (χ3n) is 11.1. The largest absolute Gasteiger partial charge is 0.508 e. The fourth-order valence-corrected chi connectivity index (χ4v) is 9.28. The Morgan fingerprint density at radius 1 is 1.04 bits per heavy atom. The molecule has 0 amide bonds. The first-order valence-electron chi connectivity index (χ1n) is 16.2. The molecule has 5 aliphatic rings. The maximum absolute atomic E-state index is 16.7. The van der Waals surface area contributed by atoms with Gasteiger partial charge in [-0.2, -0.15) is 9.97 Å². The van der Waals surface area contributed by atoms with E-state index in [0.717, 1.165) is 45.1 Å². The summed E-state index contributed by atoms with van der Waals surface area (Å²) in [6.07, 6.45) is 8.29. The molecular weight excluding hydrogens is 581 g/mol. The van der Waals surface area contributed by atoms with E-state index >= 15 is 13.2 Å². The minimum absolute atomic E-state index is 0.0183. The highest BCUT2D eigenvalue weighted by Crippen LogP contribution is 2.55. The number of benzene rings is 2. The summed E-state index contributed by atoms with van der Waals surface area (Å²) in [7, 11) is 0. The van der Waals surface area contributed by atoms with E-state index in [4.69, 9.17) is 9.72 Å². The lowest BCUT2D eigenvalue weighted by Crippen LogP contribution is -2.51. The van der Waals surface area contributed by atoms with Crippen LogP contribution in [0.25, 0.3) is 32.9 Å². The third-order valence-corrected chi connectivity index (χ3v) is 11.1. The van der Waals surface area contributed by atoms with Gasteiger partial charge in [0.1, 0.15) is 40.9 Å². The Bertz CT molecular complexity index is 1850. The van der Waals surface area contributed by atoms with Gasteiger partial charge in [0.15, 0.2) is 5.82 Å². The van der Waals surface area contributed by atoms with Gasteiger partial charge in [0.2, 0.25) is 0 Å². The molecule has 1 aliphatic carbocycles. The van der Waals surface area contributed by atoms with Gasteiger partial charge in [-0.3, -0.25) is 9.88 Å². The van der Waals surface area contributed by atoms with Crippen molar-refractivity contribution in [3.63, 3.8) is 0 Å². The van der Waals surface area contributed by atoms with Gasteiger partial charge in [-0.25, -0.2) is 13.2 Å². The smallest absolute Gasteiger partial charge is 0.319 e. The van der Waals surface area contributed by atoms with E-state index in [-0.39, 0.29) is 46.6 Å². The summed E-state index contributed by atoms with van der Waals surface area (Å²) in [5.41, 5.74) is -1.58. The van der Waals surface area contributed by atoms with Crippen LogP contribution in [0.3, 0.4) is 0 Å². The number of nitrogens with one attached hydrogen (secondary N) is 1. The van der Waals surface area contributed by atoms with Crippen LogP contribution in [0.2, 0.25) is 0 Å². The number of ether oxygens (including phenoxy) is 1. The van der Waals surface area contributed by atoms with Crippen molar-refractivity contribution in [1.29, 1.82) is 0 Å². The SMILES string of the molecule is Oc1cc(-c2ncc3c(N4CC5CCC(C4)N5)nc(OC[C@]45CCCN4[C@H]4CCC[C@@]4(F)C5)nc3c2F)c2c(F)cccc2c1. The number of pyridine rings is 1. The fourth-order valence-electron chi connectivity index (χ4n) is 9.28. The molecule has 4 saturated heterocycles. The summed E-state index contributed by atoms with van der Waals surface area (Å²) in [5, 5.41) is 15.1. The second-order valence-electron chi connectivity index (χ2n) is 13.8. The van der Waals surface area contributed by atoms with Crippen molar-refractivity contribution in [2.75, 3.05) is 31.1 Å². The van der Waals surface area contributed by atoms with Gasteiger partial charge in [-0.15, -0.1) is 0 Å². The zero-order valence-electron chi connectivity index (χ0n) is 24.9. The van der Waals surface area contributed by atoms with Crippen molar-refractivity contribution in [2.45, 2.75) is 80.7 Å². The number of aromatic nitrogens is 3. The molecule has 5 fully saturated rings. The molecule has 45 heavy (non-hydrogen) atoms. The van der Waals surface area contributed by atoms with Gasteiger partial charge in [-0.1, -0.05) is 12.1 Å². The maximum atomic E-state index is 16.7. The predicted molar refractivity (Wildman–Crippen MR) is 164 cm³/mol. The molecule has 1 saturated carbocycles. The van der Waals surface area contributed by atoms with E-state index in [1.165, 1.54) is 24.4 Å². The van der Waals surface area contributed by atoms with Gasteiger partial charge in [-0.05, 0) is 75.1 Å². The molecule has 6 heterocycles. The minimum atomic E-state index is -1.19. The van der Waals surface area contributed by atoms with E-state index in [1.807, 2.05) is 0 Å². The van der Waals surface area contributed by atoms with Gasteiger partial charge in [0.05, 0.1) is 10.9 Å². The lowest BCUT2D eigenvalue weighted by Gasteiger charge is -2.35. The Labute approximate surface area is 258 Å². The first-order valence-corrected chi connectivity index (χ1v) is 16.2. The highest BCUT2D eigenvalue weighted by molar-refractivity contribution is 6.00. The summed E-state index contributed by atoms with van der Waals surface area (Å²) >= 11 is 0. The van der Waals surface area contributed by atoms with Crippen molar-refractivity contribution >= 4 is 27.5 Å². The molecular formula is C34H35F3N6O2. The molecule has 2 unspecified atom stereocenters. The highest BCUT2D eigenvalue weighted by atomic mass is 19.1. The molecule has 5 atom stereocenters. The van der Waals surface area contributed by atoms with E-state index in [1.54, 1.807) is 12.1 Å². The molecule has 4 aromatic rings. The number of anilines is 1. The van der Waals surface area contributed by atoms with Crippen LogP contribution in [0.15, 0.2) is 36.5 Å². The van der Waals surface area contributed by atoms with E-state index in [2.05, 4.69) is 25.1 Å². The van der Waals surface area contributed by atoms with Crippen LogP contribution >= 0.6 is 0 Å². The molecule has 8 nitrogen and oxygen atoms in total. The number of phenolic OH excluding ortho intramolecular Hbond substituents is 1. The van der Waals surface area contributed by atoms with Gasteiger partial charge in [0, 0.05) is 54.8 Å². The Morgan fingerprint density at radius 2 is 1.89 bits per heavy atom. The standard InChI is InChI=1S/C34H35F3N6O2/c35-25-5-1-4-19-12-22(44)13-23(27(19)25)29-28(36)30-24(14-38-29)31(42-15-20-7-8-21(16-42)39-20)41-32(40-30)45-18-33-9-3-11-43(33)26-6-2-10-34(26,37)17-33/h1,4-5,12-14,20-21,26,39,44H,2-3,6-11,15-18H2/t20?,21?,26-,33+,34+/m0/s1. The Hall–Kier alpha value is -3.70. The quantitative estimate of drug-likeness (QED) is 0.298. The second-order valence-corrected chi connectivity index (χ2v) is 13.8. The molecule has 9 rings (SSSR count). The number of hydrogen-bond donors (Lipinski definition) is 2. The van der Waals surface area contributed by atoms with Crippen LogP contribution in [0.4, 0.5) is 19.0 Å². The number of halogens is 3. The summed E-state index contributed by atoms with van der Waals surface area (Å²) in [5.74, 6) is -0.863. The molecule has 2 aromatic carbocycles. The minimum Gasteiger partial charge on any atom is -0.508 e. The highest BCUT2D eigenvalue weighted by Gasteiger charge is 2.63. The Morgan fingerprint density at radius 3 is 2.73 bits per heavy atom. The molecule has 2 N–H and O–H groups in total. The van der Waals surface area contributed by atoms with E-state index < -0.39 is 22.8 Å². The number of rotatable bonds is 5.